The average Bonchev–Trinajstić information content (AvgIpc) is 3.19. The first-order valence-corrected chi connectivity index (χ1v) is 11.0. The van der Waals surface area contributed by atoms with E-state index in [2.05, 4.69) is 9.88 Å². The molecule has 7 heteroatoms. The fourth-order valence-corrected chi connectivity index (χ4v) is 5.54. The first-order chi connectivity index (χ1) is 14.0. The highest BCUT2D eigenvalue weighted by atomic mass is 16.5. The Balaban J connectivity index is 1.53. The van der Waals surface area contributed by atoms with Gasteiger partial charge in [0.2, 0.25) is 0 Å². The predicted molar refractivity (Wildman–Crippen MR) is 109 cm³/mol. The number of piperidine rings is 1. The molecule has 2 saturated heterocycles. The normalized spacial score (nSPS) is 30.6. The van der Waals surface area contributed by atoms with Crippen LogP contribution in [0.1, 0.15) is 48.7 Å². The Kier molecular flexibility index (Phi) is 5.97. The van der Waals surface area contributed by atoms with E-state index in [0.29, 0.717) is 31.3 Å². The lowest BCUT2D eigenvalue weighted by molar-refractivity contribution is -0.168. The van der Waals surface area contributed by atoms with E-state index < -0.39 is 5.41 Å². The maximum atomic E-state index is 13.2. The number of carbonyl (C=O) groups excluding carboxylic acids is 2. The van der Waals surface area contributed by atoms with Gasteiger partial charge in [-0.3, -0.25) is 14.5 Å². The van der Waals surface area contributed by atoms with E-state index in [1.807, 2.05) is 24.8 Å². The van der Waals surface area contributed by atoms with Crippen LogP contribution in [-0.2, 0) is 14.3 Å². The first kappa shape index (κ1) is 20.4. The molecule has 7 nitrogen and oxygen atoms in total. The van der Waals surface area contributed by atoms with Gasteiger partial charge < -0.3 is 19.4 Å². The van der Waals surface area contributed by atoms with Crippen molar-refractivity contribution in [2.45, 2.75) is 45.6 Å². The molecule has 3 atom stereocenters. The summed E-state index contributed by atoms with van der Waals surface area (Å²) in [4.78, 5) is 33.8. The Morgan fingerprint density at radius 3 is 2.76 bits per heavy atom. The van der Waals surface area contributed by atoms with Gasteiger partial charge in [-0.1, -0.05) is 0 Å². The summed E-state index contributed by atoms with van der Waals surface area (Å²) in [6.45, 7) is 8.85. The van der Waals surface area contributed by atoms with Crippen LogP contribution in [0, 0.1) is 18.3 Å². The van der Waals surface area contributed by atoms with E-state index in [1.165, 1.54) is 0 Å². The summed E-state index contributed by atoms with van der Waals surface area (Å²) >= 11 is 0. The van der Waals surface area contributed by atoms with E-state index in [4.69, 9.17) is 9.47 Å². The third-order valence-corrected chi connectivity index (χ3v) is 7.20. The van der Waals surface area contributed by atoms with Crippen molar-refractivity contribution in [3.8, 4) is 0 Å². The third-order valence-electron chi connectivity index (χ3n) is 7.20. The van der Waals surface area contributed by atoms with Crippen LogP contribution in [0.4, 0.5) is 0 Å². The van der Waals surface area contributed by atoms with Crippen molar-refractivity contribution in [2.24, 2.45) is 11.3 Å². The molecule has 2 aliphatic heterocycles. The molecule has 0 bridgehead atoms. The van der Waals surface area contributed by atoms with Crippen molar-refractivity contribution in [3.05, 3.63) is 23.5 Å². The van der Waals surface area contributed by atoms with Crippen molar-refractivity contribution in [1.29, 1.82) is 0 Å². The number of rotatable bonds is 4. The SMILES string of the molecule is CCOC(=O)[C@@]12CC[C@@H](N3CCOCC3)C[C@H]1CCN(C(=O)c1cc[nH]c1C)C2. The topological polar surface area (TPSA) is 74.9 Å². The number of aromatic nitrogens is 1. The number of esters is 1. The number of nitrogens with zero attached hydrogens (tertiary/aromatic N) is 2. The van der Waals surface area contributed by atoms with Gasteiger partial charge >= 0.3 is 5.97 Å². The van der Waals surface area contributed by atoms with Crippen LogP contribution in [0.2, 0.25) is 0 Å². The minimum absolute atomic E-state index is 0.0150. The number of aryl methyl sites for hydroxylation is 1. The largest absolute Gasteiger partial charge is 0.466 e. The third kappa shape index (κ3) is 3.82. The summed E-state index contributed by atoms with van der Waals surface area (Å²) in [6.07, 6.45) is 5.41. The molecule has 1 N–H and O–H groups in total. The molecule has 1 aliphatic carbocycles. The standard InChI is InChI=1S/C22H33N3O4/c1-3-29-21(27)22-7-4-18(24-10-12-28-13-11-24)14-17(22)6-9-25(15-22)20(26)19-5-8-23-16(19)2/h5,8,17-18,23H,3-4,6-7,9-15H2,1-2H3/t17-,18-,22-/m1/s1. The lowest BCUT2D eigenvalue weighted by Gasteiger charge is -2.52. The maximum absolute atomic E-state index is 13.2. The zero-order valence-corrected chi connectivity index (χ0v) is 17.6. The Morgan fingerprint density at radius 2 is 2.07 bits per heavy atom. The van der Waals surface area contributed by atoms with E-state index in [0.717, 1.165) is 57.7 Å². The average molecular weight is 404 g/mol. The number of nitrogens with one attached hydrogen (secondary N) is 1. The lowest BCUT2D eigenvalue weighted by Crippen LogP contribution is -2.59. The number of fused-ring (bicyclic) bond motifs is 1. The number of amides is 1. The summed E-state index contributed by atoms with van der Waals surface area (Å²) in [6, 6.07) is 2.33. The highest BCUT2D eigenvalue weighted by Crippen LogP contribution is 2.48. The summed E-state index contributed by atoms with van der Waals surface area (Å²) in [5.74, 6) is 0.161. The quantitative estimate of drug-likeness (QED) is 0.781. The zero-order valence-electron chi connectivity index (χ0n) is 17.6. The van der Waals surface area contributed by atoms with Crippen LogP contribution in [0.3, 0.4) is 0 Å². The Morgan fingerprint density at radius 1 is 1.28 bits per heavy atom. The van der Waals surface area contributed by atoms with E-state index in [-0.39, 0.29) is 17.8 Å². The zero-order chi connectivity index (χ0) is 20.4. The number of ether oxygens (including phenoxy) is 2. The predicted octanol–water partition coefficient (Wildman–Crippen LogP) is 2.22. The molecule has 1 aromatic heterocycles. The number of aromatic amines is 1. The van der Waals surface area contributed by atoms with Gasteiger partial charge in [0.25, 0.3) is 5.91 Å². The Bertz CT molecular complexity index is 742. The van der Waals surface area contributed by atoms with Crippen LogP contribution in [0.25, 0.3) is 0 Å². The van der Waals surface area contributed by atoms with Gasteiger partial charge in [0.1, 0.15) is 0 Å². The van der Waals surface area contributed by atoms with Crippen molar-refractivity contribution < 1.29 is 19.1 Å². The highest BCUT2D eigenvalue weighted by Gasteiger charge is 2.54. The van der Waals surface area contributed by atoms with Crippen LogP contribution < -0.4 is 0 Å². The summed E-state index contributed by atoms with van der Waals surface area (Å²) in [7, 11) is 0. The Hall–Kier alpha value is -1.86. The van der Waals surface area contributed by atoms with Crippen molar-refractivity contribution in [3.63, 3.8) is 0 Å². The number of morpholine rings is 1. The lowest BCUT2D eigenvalue weighted by atomic mass is 9.61. The molecule has 1 aromatic rings. The monoisotopic (exact) mass is 403 g/mol. The van der Waals surface area contributed by atoms with Crippen LogP contribution in [0.5, 0.6) is 0 Å². The van der Waals surface area contributed by atoms with E-state index >= 15 is 0 Å². The van der Waals surface area contributed by atoms with Gasteiger partial charge in [-0.15, -0.1) is 0 Å². The van der Waals surface area contributed by atoms with Crippen molar-refractivity contribution in [2.75, 3.05) is 46.0 Å². The van der Waals surface area contributed by atoms with Gasteiger partial charge in [-0.25, -0.2) is 0 Å². The molecule has 3 aliphatic rings. The number of hydrogen-bond acceptors (Lipinski definition) is 5. The molecule has 3 heterocycles. The highest BCUT2D eigenvalue weighted by molar-refractivity contribution is 5.96. The number of likely N-dealkylation sites (tertiary alicyclic amines) is 1. The molecule has 160 valence electrons. The van der Waals surface area contributed by atoms with Gasteiger partial charge in [0.15, 0.2) is 0 Å². The van der Waals surface area contributed by atoms with Crippen LogP contribution >= 0.6 is 0 Å². The number of hydrogen-bond donors (Lipinski definition) is 1. The second-order valence-electron chi connectivity index (χ2n) is 8.68. The second-order valence-corrected chi connectivity index (χ2v) is 8.68. The smallest absolute Gasteiger partial charge is 0.314 e. The van der Waals surface area contributed by atoms with Gasteiger partial charge in [0.05, 0.1) is 30.8 Å². The maximum Gasteiger partial charge on any atom is 0.314 e. The van der Waals surface area contributed by atoms with Crippen molar-refractivity contribution >= 4 is 11.9 Å². The molecule has 4 rings (SSSR count). The molecule has 0 spiro atoms. The molecule has 3 fully saturated rings. The van der Waals surface area contributed by atoms with E-state index in [1.54, 1.807) is 6.20 Å². The minimum Gasteiger partial charge on any atom is -0.466 e. The van der Waals surface area contributed by atoms with Gasteiger partial charge in [-0.2, -0.15) is 0 Å². The molecular weight excluding hydrogens is 370 g/mol. The molecule has 1 amide bonds. The van der Waals surface area contributed by atoms with Crippen molar-refractivity contribution in [1.82, 2.24) is 14.8 Å². The molecule has 1 saturated carbocycles. The summed E-state index contributed by atoms with van der Waals surface area (Å²) in [5, 5.41) is 0. The molecule has 0 radical (unpaired) electrons. The number of carbonyl (C=O) groups is 2. The Labute approximate surface area is 172 Å². The van der Waals surface area contributed by atoms with Crippen LogP contribution in [-0.4, -0.2) is 78.7 Å². The van der Waals surface area contributed by atoms with E-state index in [9.17, 15) is 9.59 Å². The molecule has 29 heavy (non-hydrogen) atoms. The number of H-pyrrole nitrogens is 1. The first-order valence-electron chi connectivity index (χ1n) is 11.0. The van der Waals surface area contributed by atoms with Crippen LogP contribution in [0.15, 0.2) is 12.3 Å². The minimum atomic E-state index is -0.573. The molecule has 0 aromatic carbocycles. The second kappa shape index (κ2) is 8.48. The fraction of sp³-hybridized carbons (Fsp3) is 0.727. The van der Waals surface area contributed by atoms with Gasteiger partial charge in [-0.05, 0) is 51.5 Å². The molecular formula is C22H33N3O4. The summed E-state index contributed by atoms with van der Waals surface area (Å²) < 4.78 is 11.1. The summed E-state index contributed by atoms with van der Waals surface area (Å²) in [5.41, 5.74) is 1.000. The van der Waals surface area contributed by atoms with Gasteiger partial charge in [0, 0.05) is 44.1 Å². The molecule has 0 unspecified atom stereocenters. The fourth-order valence-electron chi connectivity index (χ4n) is 5.54.